The van der Waals surface area contributed by atoms with Crippen molar-refractivity contribution >= 4 is 82.7 Å². The maximum Gasteiger partial charge on any atom is 0.145 e. The third kappa shape index (κ3) is 5.47. The van der Waals surface area contributed by atoms with Crippen molar-refractivity contribution in [1.82, 2.24) is 4.57 Å². The second kappa shape index (κ2) is 14.2. The molecule has 1 aliphatic rings. The molecule has 0 unspecified atom stereocenters. The van der Waals surface area contributed by atoms with E-state index in [4.69, 9.17) is 8.83 Å². The average molecular weight is 859 g/mol. The third-order valence-corrected chi connectivity index (χ3v) is 14.4. The van der Waals surface area contributed by atoms with Crippen LogP contribution in [0.15, 0.2) is 227 Å². The summed E-state index contributed by atoms with van der Waals surface area (Å²) >= 11 is 0. The van der Waals surface area contributed by atoms with Crippen molar-refractivity contribution in [3.63, 3.8) is 0 Å². The van der Waals surface area contributed by atoms with Crippen LogP contribution >= 0.6 is 0 Å². The van der Waals surface area contributed by atoms with Crippen LogP contribution in [0, 0.1) is 0 Å². The first-order valence-electron chi connectivity index (χ1n) is 23.1. The summed E-state index contributed by atoms with van der Waals surface area (Å²) in [5.74, 6) is 0. The molecule has 67 heavy (non-hydrogen) atoms. The number of fused-ring (bicyclic) bond motifs is 12. The van der Waals surface area contributed by atoms with Crippen LogP contribution in [0.5, 0.6) is 0 Å². The Balaban J connectivity index is 0.998. The van der Waals surface area contributed by atoms with Gasteiger partial charge in [-0.1, -0.05) is 159 Å². The van der Waals surface area contributed by atoms with Gasteiger partial charge in [0.25, 0.3) is 0 Å². The Bertz CT molecular complexity index is 4090. The van der Waals surface area contributed by atoms with E-state index in [0.717, 1.165) is 88.9 Å². The molecular weight excluding hydrogens is 817 g/mol. The lowest BCUT2D eigenvalue weighted by molar-refractivity contribution is 0.661. The summed E-state index contributed by atoms with van der Waals surface area (Å²) in [5, 5.41) is 6.87. The zero-order valence-corrected chi connectivity index (χ0v) is 37.0. The smallest absolute Gasteiger partial charge is 0.145 e. The molecule has 0 aliphatic heterocycles. The number of benzene rings is 10. The molecule has 14 rings (SSSR count). The number of aromatic nitrogens is 1. The fraction of sp³-hybridized carbons (Fsp3) is 0.0476. The average Bonchev–Trinajstić information content (AvgIpc) is 4.12. The molecule has 0 atom stereocenters. The molecular formula is C63H42N2O2. The first-order chi connectivity index (χ1) is 33.0. The SMILES string of the molecule is CC1(C)c2ccccc2-c2cccc(N(c3cccc(-c4cccc5oc6ccccc6c45)c3)c3ccc(-c4ccc(-n5c6ccccc6c6ccccc65)cc4)c4oc5ccccc5c34)c21. The van der Waals surface area contributed by atoms with Crippen LogP contribution in [0.25, 0.3) is 105 Å². The van der Waals surface area contributed by atoms with Gasteiger partial charge in [-0.3, -0.25) is 0 Å². The molecule has 3 heterocycles. The van der Waals surface area contributed by atoms with Crippen molar-refractivity contribution in [1.29, 1.82) is 0 Å². The van der Waals surface area contributed by atoms with Crippen LogP contribution in [-0.2, 0) is 5.41 Å². The lowest BCUT2D eigenvalue weighted by Crippen LogP contribution is -2.20. The zero-order valence-electron chi connectivity index (χ0n) is 37.0. The molecule has 0 radical (unpaired) electrons. The highest BCUT2D eigenvalue weighted by Crippen LogP contribution is 2.56. The fourth-order valence-electron chi connectivity index (χ4n) is 11.5. The molecule has 0 saturated carbocycles. The van der Waals surface area contributed by atoms with Crippen LogP contribution in [0.1, 0.15) is 25.0 Å². The summed E-state index contributed by atoms with van der Waals surface area (Å²) in [7, 11) is 0. The Morgan fingerprint density at radius 2 is 1.00 bits per heavy atom. The standard InChI is InChI=1S/C63H42N2O2/c1-63(2)51-25-8-3-18-45(51)48-24-14-28-55(61(48)63)65(42-17-13-16-40(38-42)43-23-15-31-58-59(43)49-21-6-11-29-56(49)66-58)54-37-36-44(62-60(54)50-22-7-12-30-57(50)67-62)39-32-34-41(35-33-39)64-52-26-9-4-19-46(52)47-20-5-10-27-53(47)64/h3-38H,1-2H3. The molecule has 4 heteroatoms. The van der Waals surface area contributed by atoms with E-state index in [1.54, 1.807) is 0 Å². The van der Waals surface area contributed by atoms with E-state index in [0.29, 0.717) is 0 Å². The summed E-state index contributed by atoms with van der Waals surface area (Å²) in [6.45, 7) is 4.74. The number of furan rings is 2. The monoisotopic (exact) mass is 858 g/mol. The summed E-state index contributed by atoms with van der Waals surface area (Å²) in [5.41, 5.74) is 19.5. The molecule has 0 N–H and O–H groups in total. The van der Waals surface area contributed by atoms with Crippen molar-refractivity contribution in [2.75, 3.05) is 4.90 Å². The van der Waals surface area contributed by atoms with Gasteiger partial charge in [0.2, 0.25) is 0 Å². The molecule has 316 valence electrons. The maximum atomic E-state index is 7.03. The van der Waals surface area contributed by atoms with Crippen molar-refractivity contribution in [2.24, 2.45) is 0 Å². The van der Waals surface area contributed by atoms with Gasteiger partial charge in [0.1, 0.15) is 22.3 Å². The predicted molar refractivity (Wildman–Crippen MR) is 278 cm³/mol. The Morgan fingerprint density at radius 1 is 0.403 bits per heavy atom. The Morgan fingerprint density at radius 3 is 1.78 bits per heavy atom. The lowest BCUT2D eigenvalue weighted by atomic mass is 9.81. The van der Waals surface area contributed by atoms with Crippen LogP contribution < -0.4 is 4.90 Å². The Hall–Kier alpha value is -8.60. The number of anilines is 3. The lowest BCUT2D eigenvalue weighted by Gasteiger charge is -2.33. The van der Waals surface area contributed by atoms with E-state index < -0.39 is 0 Å². The van der Waals surface area contributed by atoms with Crippen LogP contribution in [0.2, 0.25) is 0 Å². The second-order valence-electron chi connectivity index (χ2n) is 18.4. The molecule has 0 spiro atoms. The minimum Gasteiger partial charge on any atom is -0.456 e. The van der Waals surface area contributed by atoms with E-state index in [2.05, 4.69) is 236 Å². The summed E-state index contributed by atoms with van der Waals surface area (Å²) < 4.78 is 15.8. The van der Waals surface area contributed by atoms with Gasteiger partial charge < -0.3 is 18.3 Å². The summed E-state index contributed by atoms with van der Waals surface area (Å²) in [6, 6.07) is 78.8. The first kappa shape index (κ1) is 37.7. The van der Waals surface area contributed by atoms with Crippen LogP contribution in [-0.4, -0.2) is 4.57 Å². The second-order valence-corrected chi connectivity index (χ2v) is 18.4. The quantitative estimate of drug-likeness (QED) is 0.167. The first-order valence-corrected chi connectivity index (χ1v) is 23.1. The largest absolute Gasteiger partial charge is 0.456 e. The molecule has 0 fully saturated rings. The molecule has 10 aromatic carbocycles. The number of para-hydroxylation sites is 4. The molecule has 0 saturated heterocycles. The minimum atomic E-state index is -0.269. The van der Waals surface area contributed by atoms with E-state index in [9.17, 15) is 0 Å². The van der Waals surface area contributed by atoms with E-state index in [1.165, 1.54) is 44.1 Å². The molecule has 4 nitrogen and oxygen atoms in total. The highest BCUT2D eigenvalue weighted by atomic mass is 16.3. The maximum absolute atomic E-state index is 7.03. The van der Waals surface area contributed by atoms with Crippen molar-refractivity contribution in [3.05, 3.63) is 230 Å². The zero-order chi connectivity index (χ0) is 44.4. The Labute approximate surface area is 387 Å². The van der Waals surface area contributed by atoms with E-state index in [-0.39, 0.29) is 5.41 Å². The fourth-order valence-corrected chi connectivity index (χ4v) is 11.5. The highest BCUT2D eigenvalue weighted by molar-refractivity contribution is 6.18. The van der Waals surface area contributed by atoms with Gasteiger partial charge in [-0.2, -0.15) is 0 Å². The molecule has 13 aromatic rings. The topological polar surface area (TPSA) is 34.5 Å². The number of hydrogen-bond donors (Lipinski definition) is 0. The number of hydrogen-bond acceptors (Lipinski definition) is 3. The van der Waals surface area contributed by atoms with Gasteiger partial charge in [0.05, 0.1) is 27.8 Å². The van der Waals surface area contributed by atoms with Gasteiger partial charge in [-0.05, 0) is 112 Å². The number of nitrogens with zero attached hydrogens (tertiary/aromatic N) is 2. The third-order valence-electron chi connectivity index (χ3n) is 14.4. The van der Waals surface area contributed by atoms with Crippen molar-refractivity contribution < 1.29 is 8.83 Å². The van der Waals surface area contributed by atoms with Gasteiger partial charge in [-0.25, -0.2) is 0 Å². The molecule has 0 bridgehead atoms. The number of rotatable bonds is 6. The molecule has 1 aliphatic carbocycles. The summed E-state index contributed by atoms with van der Waals surface area (Å²) in [4.78, 5) is 2.49. The minimum absolute atomic E-state index is 0.269. The molecule has 3 aromatic heterocycles. The van der Waals surface area contributed by atoms with Crippen molar-refractivity contribution in [3.8, 4) is 39.1 Å². The van der Waals surface area contributed by atoms with Crippen molar-refractivity contribution in [2.45, 2.75) is 19.3 Å². The van der Waals surface area contributed by atoms with E-state index >= 15 is 0 Å². The highest BCUT2D eigenvalue weighted by Gasteiger charge is 2.39. The van der Waals surface area contributed by atoms with Gasteiger partial charge in [0.15, 0.2) is 0 Å². The predicted octanol–water partition coefficient (Wildman–Crippen LogP) is 17.7. The van der Waals surface area contributed by atoms with Crippen LogP contribution in [0.3, 0.4) is 0 Å². The van der Waals surface area contributed by atoms with Gasteiger partial charge in [-0.15, -0.1) is 0 Å². The summed E-state index contributed by atoms with van der Waals surface area (Å²) in [6.07, 6.45) is 0. The Kier molecular flexibility index (Phi) is 8.00. The normalized spacial score (nSPS) is 13.0. The van der Waals surface area contributed by atoms with Crippen LogP contribution in [0.4, 0.5) is 17.1 Å². The van der Waals surface area contributed by atoms with Gasteiger partial charge in [0, 0.05) is 49.3 Å². The van der Waals surface area contributed by atoms with Gasteiger partial charge >= 0.3 is 0 Å². The van der Waals surface area contributed by atoms with E-state index in [1.807, 2.05) is 6.07 Å². The molecule has 0 amide bonds.